The number of amides is 1. The topological polar surface area (TPSA) is 69.6 Å². The Morgan fingerprint density at radius 1 is 0.964 bits per heavy atom. The fourth-order valence-electron chi connectivity index (χ4n) is 3.41. The maximum atomic E-state index is 12.3. The monoisotopic (exact) mass is 384 g/mol. The fraction of sp³-hybridized carbons (Fsp3) is 0.333. The number of rotatable bonds is 6. The van der Waals surface area contributed by atoms with Crippen LogP contribution in [0.2, 0.25) is 0 Å². The van der Waals surface area contributed by atoms with Crippen LogP contribution in [0.1, 0.15) is 30.5 Å². The second-order valence-corrected chi connectivity index (χ2v) is 6.28. The average molecular weight is 384 g/mol. The minimum absolute atomic E-state index is 0.148. The van der Waals surface area contributed by atoms with Gasteiger partial charge in [0.15, 0.2) is 23.0 Å². The molecule has 3 rings (SSSR count). The highest BCUT2D eigenvalue weighted by molar-refractivity contribution is 6.03. The van der Waals surface area contributed by atoms with Crippen molar-refractivity contribution in [2.24, 2.45) is 5.10 Å². The van der Waals surface area contributed by atoms with E-state index in [9.17, 15) is 4.79 Å². The van der Waals surface area contributed by atoms with Crippen LogP contribution < -0.4 is 18.9 Å². The van der Waals surface area contributed by atoms with Crippen molar-refractivity contribution in [2.45, 2.75) is 19.4 Å². The van der Waals surface area contributed by atoms with Gasteiger partial charge in [0, 0.05) is 24.5 Å². The first-order valence-corrected chi connectivity index (χ1v) is 8.84. The molecule has 0 aromatic heterocycles. The van der Waals surface area contributed by atoms with Crippen molar-refractivity contribution < 1.29 is 23.7 Å². The largest absolute Gasteiger partial charge is 0.493 e. The maximum absolute atomic E-state index is 12.3. The molecule has 28 heavy (non-hydrogen) atoms. The summed E-state index contributed by atoms with van der Waals surface area (Å²) in [7, 11) is 6.35. The van der Waals surface area contributed by atoms with E-state index in [0.29, 0.717) is 29.4 Å². The number of hydrogen-bond acceptors (Lipinski definition) is 6. The van der Waals surface area contributed by atoms with Gasteiger partial charge in [-0.05, 0) is 24.3 Å². The molecule has 0 fully saturated rings. The van der Waals surface area contributed by atoms with E-state index in [2.05, 4.69) is 5.10 Å². The van der Waals surface area contributed by atoms with Crippen molar-refractivity contribution in [2.75, 3.05) is 28.4 Å². The molecule has 0 saturated carbocycles. The molecule has 0 saturated heterocycles. The number of carbonyl (C=O) groups excluding carboxylic acids is 1. The molecule has 1 heterocycles. The van der Waals surface area contributed by atoms with Crippen molar-refractivity contribution in [3.05, 3.63) is 47.5 Å². The van der Waals surface area contributed by atoms with Crippen LogP contribution in [0.25, 0.3) is 0 Å². The molecule has 1 aliphatic rings. The lowest BCUT2D eigenvalue weighted by atomic mass is 9.97. The SMILES string of the molecule is COc1ccc(C2=NN(C(C)=O)[C@@H](c3cccc(OC)c3OC)C2)cc1OC. The van der Waals surface area contributed by atoms with Gasteiger partial charge in [-0.1, -0.05) is 12.1 Å². The first-order chi connectivity index (χ1) is 13.5. The molecule has 0 unspecified atom stereocenters. The Morgan fingerprint density at radius 3 is 2.29 bits per heavy atom. The van der Waals surface area contributed by atoms with E-state index in [0.717, 1.165) is 16.8 Å². The quantitative estimate of drug-likeness (QED) is 0.763. The van der Waals surface area contributed by atoms with Crippen LogP contribution in [0.3, 0.4) is 0 Å². The summed E-state index contributed by atoms with van der Waals surface area (Å²) in [6.07, 6.45) is 0.540. The number of methoxy groups -OCH3 is 4. The smallest absolute Gasteiger partial charge is 0.240 e. The van der Waals surface area contributed by atoms with E-state index >= 15 is 0 Å². The lowest BCUT2D eigenvalue weighted by molar-refractivity contribution is -0.130. The van der Waals surface area contributed by atoms with Gasteiger partial charge < -0.3 is 18.9 Å². The molecule has 0 spiro atoms. The van der Waals surface area contributed by atoms with Crippen molar-refractivity contribution in [1.29, 1.82) is 0 Å². The van der Waals surface area contributed by atoms with E-state index in [1.54, 1.807) is 28.4 Å². The summed E-state index contributed by atoms with van der Waals surface area (Å²) < 4.78 is 21.7. The van der Waals surface area contributed by atoms with Crippen LogP contribution in [0, 0.1) is 0 Å². The first-order valence-electron chi connectivity index (χ1n) is 8.84. The standard InChI is InChI=1S/C21H24N2O5/c1-13(24)23-17(15-7-6-8-19(26-3)21(15)28-5)12-16(22-23)14-9-10-18(25-2)20(11-14)27-4/h6-11,17H,12H2,1-5H3/t17-/m1/s1. The first kappa shape index (κ1) is 19.5. The van der Waals surface area contributed by atoms with Gasteiger partial charge in [-0.15, -0.1) is 0 Å². The molecular weight excluding hydrogens is 360 g/mol. The molecule has 1 aliphatic heterocycles. The molecule has 1 amide bonds. The Bertz CT molecular complexity index is 910. The van der Waals surface area contributed by atoms with E-state index in [1.807, 2.05) is 36.4 Å². The van der Waals surface area contributed by atoms with Crippen LogP contribution in [-0.4, -0.2) is 45.1 Å². The van der Waals surface area contributed by atoms with E-state index < -0.39 is 0 Å². The molecule has 2 aromatic rings. The zero-order chi connectivity index (χ0) is 20.3. The van der Waals surface area contributed by atoms with Crippen LogP contribution in [0.5, 0.6) is 23.0 Å². The summed E-state index contributed by atoms with van der Waals surface area (Å²) in [6.45, 7) is 1.50. The Kier molecular flexibility index (Phi) is 5.73. The molecule has 0 N–H and O–H groups in total. The number of hydrazone groups is 1. The Balaban J connectivity index is 2.01. The predicted octanol–water partition coefficient (Wildman–Crippen LogP) is 3.42. The van der Waals surface area contributed by atoms with Crippen LogP contribution >= 0.6 is 0 Å². The Labute approximate surface area is 164 Å². The van der Waals surface area contributed by atoms with Crippen molar-refractivity contribution in [3.8, 4) is 23.0 Å². The molecule has 1 atom stereocenters. The zero-order valence-corrected chi connectivity index (χ0v) is 16.7. The second kappa shape index (κ2) is 8.21. The van der Waals surface area contributed by atoms with Crippen LogP contribution in [0.4, 0.5) is 0 Å². The number of nitrogens with zero attached hydrogens (tertiary/aromatic N) is 2. The number of benzene rings is 2. The van der Waals surface area contributed by atoms with Crippen molar-refractivity contribution in [1.82, 2.24) is 5.01 Å². The maximum Gasteiger partial charge on any atom is 0.240 e. The molecular formula is C21H24N2O5. The highest BCUT2D eigenvalue weighted by atomic mass is 16.5. The lowest BCUT2D eigenvalue weighted by Gasteiger charge is -2.23. The van der Waals surface area contributed by atoms with Gasteiger partial charge >= 0.3 is 0 Å². The molecule has 0 radical (unpaired) electrons. The van der Waals surface area contributed by atoms with Gasteiger partial charge in [0.2, 0.25) is 5.91 Å². The molecule has 0 aliphatic carbocycles. The summed E-state index contributed by atoms with van der Waals surface area (Å²) in [6, 6.07) is 10.9. The average Bonchev–Trinajstić information content (AvgIpc) is 3.18. The van der Waals surface area contributed by atoms with Crippen molar-refractivity contribution >= 4 is 11.6 Å². The van der Waals surface area contributed by atoms with Crippen LogP contribution in [0.15, 0.2) is 41.5 Å². The number of para-hydroxylation sites is 1. The Hall–Kier alpha value is -3.22. The highest BCUT2D eigenvalue weighted by Gasteiger charge is 2.34. The fourth-order valence-corrected chi connectivity index (χ4v) is 3.41. The van der Waals surface area contributed by atoms with E-state index in [4.69, 9.17) is 18.9 Å². The second-order valence-electron chi connectivity index (χ2n) is 6.28. The summed E-state index contributed by atoms with van der Waals surface area (Å²) in [5, 5.41) is 6.07. The highest BCUT2D eigenvalue weighted by Crippen LogP contribution is 2.42. The van der Waals surface area contributed by atoms with Gasteiger partial charge in [0.1, 0.15) is 0 Å². The van der Waals surface area contributed by atoms with Gasteiger partial charge in [-0.25, -0.2) is 5.01 Å². The summed E-state index contributed by atoms with van der Waals surface area (Å²) in [5.74, 6) is 2.32. The van der Waals surface area contributed by atoms with Crippen molar-refractivity contribution in [3.63, 3.8) is 0 Å². The third-order valence-corrected chi connectivity index (χ3v) is 4.74. The number of carbonyl (C=O) groups is 1. The summed E-state index contributed by atoms with van der Waals surface area (Å²) >= 11 is 0. The number of hydrogen-bond donors (Lipinski definition) is 0. The third kappa shape index (κ3) is 3.47. The molecule has 2 aromatic carbocycles. The normalized spacial score (nSPS) is 15.8. The van der Waals surface area contributed by atoms with E-state index in [1.165, 1.54) is 11.9 Å². The molecule has 0 bridgehead atoms. The molecule has 148 valence electrons. The van der Waals surface area contributed by atoms with Gasteiger partial charge in [-0.3, -0.25) is 4.79 Å². The molecule has 7 nitrogen and oxygen atoms in total. The lowest BCUT2D eigenvalue weighted by Crippen LogP contribution is -2.24. The molecule has 7 heteroatoms. The predicted molar refractivity (Wildman–Crippen MR) is 106 cm³/mol. The minimum Gasteiger partial charge on any atom is -0.493 e. The van der Waals surface area contributed by atoms with Gasteiger partial charge in [0.05, 0.1) is 40.2 Å². The zero-order valence-electron chi connectivity index (χ0n) is 16.7. The number of ether oxygens (including phenoxy) is 4. The minimum atomic E-state index is -0.286. The van der Waals surface area contributed by atoms with Crippen LogP contribution in [-0.2, 0) is 4.79 Å². The van der Waals surface area contributed by atoms with Gasteiger partial charge in [-0.2, -0.15) is 5.10 Å². The summed E-state index contributed by atoms with van der Waals surface area (Å²) in [5.41, 5.74) is 2.50. The van der Waals surface area contributed by atoms with E-state index in [-0.39, 0.29) is 11.9 Å². The third-order valence-electron chi connectivity index (χ3n) is 4.74. The Morgan fingerprint density at radius 2 is 1.68 bits per heavy atom. The summed E-state index contributed by atoms with van der Waals surface area (Å²) in [4.78, 5) is 12.3. The van der Waals surface area contributed by atoms with Gasteiger partial charge in [0.25, 0.3) is 0 Å².